The normalized spacial score (nSPS) is 23.7. The highest BCUT2D eigenvalue weighted by molar-refractivity contribution is 9.10. The molecule has 1 aliphatic carbocycles. The number of hydrogen-bond acceptors (Lipinski definition) is 1. The van der Waals surface area contributed by atoms with Gasteiger partial charge in [0.05, 0.1) is 0 Å². The topological polar surface area (TPSA) is 29.1 Å². The maximum absolute atomic E-state index is 12.3. The second kappa shape index (κ2) is 6.56. The van der Waals surface area contributed by atoms with Crippen molar-refractivity contribution in [2.45, 2.75) is 52.0 Å². The van der Waals surface area contributed by atoms with Crippen LogP contribution in [-0.2, 0) is 0 Å². The molecule has 1 amide bonds. The highest BCUT2D eigenvalue weighted by Gasteiger charge is 2.22. The minimum Gasteiger partial charge on any atom is -0.349 e. The van der Waals surface area contributed by atoms with E-state index in [0.29, 0.717) is 12.0 Å². The Bertz CT molecular complexity index is 458. The summed E-state index contributed by atoms with van der Waals surface area (Å²) >= 11 is 3.47. The number of carbonyl (C=O) groups excluding carboxylic acids is 1. The molecule has 1 saturated carbocycles. The summed E-state index contributed by atoms with van der Waals surface area (Å²) in [6.45, 7) is 4.26. The third-order valence-electron chi connectivity index (χ3n) is 4.10. The smallest absolute Gasteiger partial charge is 0.251 e. The van der Waals surface area contributed by atoms with Gasteiger partial charge in [-0.2, -0.15) is 0 Å². The number of rotatable bonds is 2. The van der Waals surface area contributed by atoms with Crippen molar-refractivity contribution in [2.24, 2.45) is 5.92 Å². The molecule has 1 N–H and O–H groups in total. The lowest BCUT2D eigenvalue weighted by atomic mass is 9.96. The van der Waals surface area contributed by atoms with Crippen LogP contribution in [0, 0.1) is 12.8 Å². The molecule has 1 aliphatic rings. The Labute approximate surface area is 124 Å². The van der Waals surface area contributed by atoms with Crippen molar-refractivity contribution in [1.82, 2.24) is 5.32 Å². The maximum Gasteiger partial charge on any atom is 0.251 e. The van der Waals surface area contributed by atoms with Crippen molar-refractivity contribution in [3.8, 4) is 0 Å². The van der Waals surface area contributed by atoms with E-state index in [1.54, 1.807) is 0 Å². The van der Waals surface area contributed by atoms with Gasteiger partial charge in [0.1, 0.15) is 0 Å². The van der Waals surface area contributed by atoms with Gasteiger partial charge in [-0.1, -0.05) is 42.1 Å². The van der Waals surface area contributed by atoms with E-state index in [2.05, 4.69) is 28.2 Å². The van der Waals surface area contributed by atoms with Gasteiger partial charge in [0.25, 0.3) is 5.91 Å². The van der Waals surface area contributed by atoms with Gasteiger partial charge in [-0.25, -0.2) is 0 Å². The summed E-state index contributed by atoms with van der Waals surface area (Å²) in [7, 11) is 0. The Morgan fingerprint density at radius 1 is 1.26 bits per heavy atom. The van der Waals surface area contributed by atoms with Gasteiger partial charge in [-0.3, -0.25) is 4.79 Å². The molecule has 3 heteroatoms. The van der Waals surface area contributed by atoms with Crippen LogP contribution in [-0.4, -0.2) is 11.9 Å². The van der Waals surface area contributed by atoms with E-state index in [4.69, 9.17) is 0 Å². The molecule has 1 aromatic rings. The molecular formula is C16H22BrNO. The Kier molecular flexibility index (Phi) is 5.03. The Hall–Kier alpha value is -0.830. The molecule has 0 aromatic heterocycles. The lowest BCUT2D eigenvalue weighted by molar-refractivity contribution is 0.0921. The molecule has 1 aromatic carbocycles. The van der Waals surface area contributed by atoms with E-state index >= 15 is 0 Å². The van der Waals surface area contributed by atoms with Gasteiger partial charge in [0.15, 0.2) is 0 Å². The van der Waals surface area contributed by atoms with Crippen molar-refractivity contribution in [3.05, 3.63) is 33.8 Å². The predicted molar refractivity (Wildman–Crippen MR) is 82.4 cm³/mol. The second-order valence-corrected chi connectivity index (χ2v) is 6.51. The van der Waals surface area contributed by atoms with Crippen molar-refractivity contribution in [1.29, 1.82) is 0 Å². The molecule has 2 rings (SSSR count). The number of amides is 1. The molecular weight excluding hydrogens is 302 g/mol. The quantitative estimate of drug-likeness (QED) is 0.800. The van der Waals surface area contributed by atoms with E-state index in [-0.39, 0.29) is 5.91 Å². The fraction of sp³-hybridized carbons (Fsp3) is 0.562. The third kappa shape index (κ3) is 3.82. The molecule has 0 aliphatic heterocycles. The molecule has 0 bridgehead atoms. The average Bonchev–Trinajstić information content (AvgIpc) is 2.58. The van der Waals surface area contributed by atoms with Crippen LogP contribution in [0.4, 0.5) is 0 Å². The van der Waals surface area contributed by atoms with Gasteiger partial charge < -0.3 is 5.32 Å². The lowest BCUT2D eigenvalue weighted by Gasteiger charge is -2.23. The largest absolute Gasteiger partial charge is 0.349 e. The lowest BCUT2D eigenvalue weighted by Crippen LogP contribution is -2.38. The first-order valence-electron chi connectivity index (χ1n) is 7.15. The van der Waals surface area contributed by atoms with Crippen molar-refractivity contribution < 1.29 is 4.79 Å². The minimum atomic E-state index is 0.0642. The number of hydrogen-bond donors (Lipinski definition) is 1. The van der Waals surface area contributed by atoms with Crippen molar-refractivity contribution in [3.63, 3.8) is 0 Å². The summed E-state index contributed by atoms with van der Waals surface area (Å²) < 4.78 is 1.05. The first-order chi connectivity index (χ1) is 9.08. The zero-order chi connectivity index (χ0) is 13.8. The van der Waals surface area contributed by atoms with Crippen LogP contribution in [0.3, 0.4) is 0 Å². The number of carbonyl (C=O) groups is 1. The van der Waals surface area contributed by atoms with Gasteiger partial charge >= 0.3 is 0 Å². The summed E-state index contributed by atoms with van der Waals surface area (Å²) in [6.07, 6.45) is 6.17. The Balaban J connectivity index is 2.05. The third-order valence-corrected chi connectivity index (χ3v) is 4.99. The van der Waals surface area contributed by atoms with E-state index in [0.717, 1.165) is 22.0 Å². The van der Waals surface area contributed by atoms with Crippen LogP contribution in [0.1, 0.15) is 54.9 Å². The number of nitrogens with one attached hydrogen (secondary N) is 1. The summed E-state index contributed by atoms with van der Waals surface area (Å²) in [5.41, 5.74) is 1.86. The van der Waals surface area contributed by atoms with Crippen LogP contribution >= 0.6 is 15.9 Å². The van der Waals surface area contributed by atoms with Gasteiger partial charge in [-0.05, 0) is 49.4 Å². The van der Waals surface area contributed by atoms with Crippen LogP contribution in [0.5, 0.6) is 0 Å². The molecule has 2 unspecified atom stereocenters. The van der Waals surface area contributed by atoms with E-state index < -0.39 is 0 Å². The SMILES string of the molecule is Cc1cc(C(=O)NC2CCCCCC2C)ccc1Br. The zero-order valence-corrected chi connectivity index (χ0v) is 13.3. The minimum absolute atomic E-state index is 0.0642. The van der Waals surface area contributed by atoms with E-state index in [1.165, 1.54) is 25.7 Å². The monoisotopic (exact) mass is 323 g/mol. The molecule has 104 valence electrons. The van der Waals surface area contributed by atoms with E-state index in [9.17, 15) is 4.79 Å². The fourth-order valence-corrected chi connectivity index (χ4v) is 2.99. The second-order valence-electron chi connectivity index (χ2n) is 5.66. The molecule has 0 saturated heterocycles. The average molecular weight is 324 g/mol. The van der Waals surface area contributed by atoms with Crippen molar-refractivity contribution >= 4 is 21.8 Å². The number of halogens is 1. The van der Waals surface area contributed by atoms with E-state index in [1.807, 2.05) is 25.1 Å². The fourth-order valence-electron chi connectivity index (χ4n) is 2.75. The molecule has 0 spiro atoms. The summed E-state index contributed by atoms with van der Waals surface area (Å²) in [5, 5.41) is 3.22. The number of benzene rings is 1. The van der Waals surface area contributed by atoms with Crippen LogP contribution in [0.2, 0.25) is 0 Å². The summed E-state index contributed by atoms with van der Waals surface area (Å²) in [4.78, 5) is 12.3. The maximum atomic E-state index is 12.3. The van der Waals surface area contributed by atoms with Crippen molar-refractivity contribution in [2.75, 3.05) is 0 Å². The van der Waals surface area contributed by atoms with Crippen LogP contribution in [0.15, 0.2) is 22.7 Å². The molecule has 0 radical (unpaired) electrons. The zero-order valence-electron chi connectivity index (χ0n) is 11.7. The van der Waals surface area contributed by atoms with Gasteiger partial charge in [-0.15, -0.1) is 0 Å². The molecule has 2 atom stereocenters. The standard InChI is InChI=1S/C16H22BrNO/c1-11-6-4-3-5-7-15(11)18-16(19)13-8-9-14(17)12(2)10-13/h8-11,15H,3-7H2,1-2H3,(H,18,19). The summed E-state index contributed by atoms with van der Waals surface area (Å²) in [6, 6.07) is 6.11. The van der Waals surface area contributed by atoms with Gasteiger partial charge in [0, 0.05) is 16.1 Å². The predicted octanol–water partition coefficient (Wildman–Crippen LogP) is 4.46. The first-order valence-corrected chi connectivity index (χ1v) is 7.94. The number of aryl methyl sites for hydroxylation is 1. The highest BCUT2D eigenvalue weighted by Crippen LogP contribution is 2.23. The van der Waals surface area contributed by atoms with Crippen LogP contribution < -0.4 is 5.32 Å². The Morgan fingerprint density at radius 3 is 2.74 bits per heavy atom. The molecule has 1 fully saturated rings. The van der Waals surface area contributed by atoms with Crippen LogP contribution in [0.25, 0.3) is 0 Å². The summed E-state index contributed by atoms with van der Waals surface area (Å²) in [5.74, 6) is 0.650. The highest BCUT2D eigenvalue weighted by atomic mass is 79.9. The van der Waals surface area contributed by atoms with Gasteiger partial charge in [0.2, 0.25) is 0 Å². The first kappa shape index (κ1) is 14.6. The Morgan fingerprint density at radius 2 is 2.00 bits per heavy atom. The molecule has 0 heterocycles. The molecule has 2 nitrogen and oxygen atoms in total. The molecule has 19 heavy (non-hydrogen) atoms.